The van der Waals surface area contributed by atoms with Gasteiger partial charge in [0.2, 0.25) is 0 Å². The molecule has 0 unspecified atom stereocenters. The third-order valence-corrected chi connectivity index (χ3v) is 3.81. The number of hydrogen-bond acceptors (Lipinski definition) is 5. The number of carbonyl (C=O) groups excluding carboxylic acids is 1. The first-order chi connectivity index (χ1) is 10.7. The zero-order chi connectivity index (χ0) is 17.1. The van der Waals surface area contributed by atoms with E-state index < -0.39 is 11.2 Å². The highest BCUT2D eigenvalue weighted by Crippen LogP contribution is 2.26. The molecular weight excluding hydrogens is 294 g/mol. The molecule has 0 radical (unpaired) electrons. The summed E-state index contributed by atoms with van der Waals surface area (Å²) in [6, 6.07) is 5.48. The molecule has 1 saturated heterocycles. The average molecular weight is 317 g/mol. The lowest BCUT2D eigenvalue weighted by atomic mass is 9.87. The van der Waals surface area contributed by atoms with Crippen molar-refractivity contribution in [3.63, 3.8) is 0 Å². The third-order valence-electron chi connectivity index (χ3n) is 3.81. The maximum Gasteiger partial charge on any atom is 0.410 e. The number of aliphatic hydroxyl groups is 1. The van der Waals surface area contributed by atoms with Crippen LogP contribution in [0.25, 0.3) is 0 Å². The minimum Gasteiger partial charge on any atom is -0.444 e. The van der Waals surface area contributed by atoms with E-state index in [0.717, 1.165) is 5.69 Å². The Kier molecular flexibility index (Phi) is 4.90. The van der Waals surface area contributed by atoms with Crippen LogP contribution in [0.3, 0.4) is 0 Å². The molecule has 1 aliphatic rings. The summed E-state index contributed by atoms with van der Waals surface area (Å²) in [6.45, 7) is 6.43. The van der Waals surface area contributed by atoms with E-state index in [-0.39, 0.29) is 6.09 Å². The second-order valence-corrected chi connectivity index (χ2v) is 7.02. The summed E-state index contributed by atoms with van der Waals surface area (Å²) in [6.07, 6.45) is 2.55. The molecule has 1 aromatic rings. The maximum atomic E-state index is 12.0. The van der Waals surface area contributed by atoms with Gasteiger partial charge >= 0.3 is 6.09 Å². The topological polar surface area (TPSA) is 86.5 Å². The lowest BCUT2D eigenvalue weighted by Gasteiger charge is -2.38. The molecule has 0 spiro atoms. The Balaban J connectivity index is 1.91. The van der Waals surface area contributed by atoms with Gasteiger partial charge in [-0.15, -0.1) is 0 Å². The van der Waals surface area contributed by atoms with Crippen LogP contribution in [0.1, 0.15) is 44.9 Å². The Hall–Kier alpha value is -2.13. The highest BCUT2D eigenvalue weighted by Gasteiger charge is 2.35. The van der Waals surface area contributed by atoms with Crippen molar-refractivity contribution in [2.45, 2.75) is 51.2 Å². The summed E-state index contributed by atoms with van der Waals surface area (Å²) >= 11 is 0. The van der Waals surface area contributed by atoms with Crippen LogP contribution in [0.15, 0.2) is 18.3 Å². The van der Waals surface area contributed by atoms with Gasteiger partial charge in [-0.3, -0.25) is 4.98 Å². The minimum atomic E-state index is -0.875. The molecule has 124 valence electrons. The Morgan fingerprint density at radius 3 is 2.57 bits per heavy atom. The molecule has 0 saturated carbocycles. The average Bonchev–Trinajstić information content (AvgIpc) is 2.46. The molecule has 23 heavy (non-hydrogen) atoms. The van der Waals surface area contributed by atoms with E-state index in [0.29, 0.717) is 37.9 Å². The van der Waals surface area contributed by atoms with Gasteiger partial charge in [-0.25, -0.2) is 4.79 Å². The van der Waals surface area contributed by atoms with E-state index in [1.165, 1.54) is 6.20 Å². The van der Waals surface area contributed by atoms with Gasteiger partial charge in [0, 0.05) is 31.4 Å². The van der Waals surface area contributed by atoms with Crippen LogP contribution < -0.4 is 0 Å². The van der Waals surface area contributed by atoms with Crippen molar-refractivity contribution in [1.29, 1.82) is 5.26 Å². The molecule has 6 nitrogen and oxygen atoms in total. The summed E-state index contributed by atoms with van der Waals surface area (Å²) in [5.74, 6) is 0. The fraction of sp³-hybridized carbons (Fsp3) is 0.588. The molecule has 0 bridgehead atoms. The predicted octanol–water partition coefficient (Wildman–Crippen LogP) is 2.26. The first-order valence-electron chi connectivity index (χ1n) is 7.76. The van der Waals surface area contributed by atoms with Crippen molar-refractivity contribution >= 4 is 6.09 Å². The Bertz CT molecular complexity index is 591. The maximum absolute atomic E-state index is 12.0. The van der Waals surface area contributed by atoms with Gasteiger partial charge in [0.05, 0.1) is 11.2 Å². The predicted molar refractivity (Wildman–Crippen MR) is 84.6 cm³/mol. The van der Waals surface area contributed by atoms with Gasteiger partial charge in [0.1, 0.15) is 11.7 Å². The smallest absolute Gasteiger partial charge is 0.410 e. The number of nitriles is 1. The van der Waals surface area contributed by atoms with Gasteiger partial charge in [0.15, 0.2) is 0 Å². The molecule has 1 aromatic heterocycles. The quantitative estimate of drug-likeness (QED) is 0.904. The second kappa shape index (κ2) is 6.55. The number of carbonyl (C=O) groups is 1. The van der Waals surface area contributed by atoms with Gasteiger partial charge in [0.25, 0.3) is 0 Å². The van der Waals surface area contributed by atoms with E-state index in [4.69, 9.17) is 10.00 Å². The lowest BCUT2D eigenvalue weighted by molar-refractivity contribution is -0.0319. The summed E-state index contributed by atoms with van der Waals surface area (Å²) in [4.78, 5) is 17.9. The van der Waals surface area contributed by atoms with Gasteiger partial charge < -0.3 is 14.7 Å². The van der Waals surface area contributed by atoms with Crippen LogP contribution in [0.5, 0.6) is 0 Å². The number of ether oxygens (including phenoxy) is 1. The molecule has 6 heteroatoms. The molecule has 0 aliphatic carbocycles. The van der Waals surface area contributed by atoms with Crippen molar-refractivity contribution in [2.75, 3.05) is 13.1 Å². The molecule has 1 aliphatic heterocycles. The molecular formula is C17H23N3O3. The molecule has 0 aromatic carbocycles. The van der Waals surface area contributed by atoms with Crippen molar-refractivity contribution in [2.24, 2.45) is 0 Å². The first kappa shape index (κ1) is 17.2. The highest BCUT2D eigenvalue weighted by molar-refractivity contribution is 5.68. The zero-order valence-corrected chi connectivity index (χ0v) is 13.9. The summed E-state index contributed by atoms with van der Waals surface area (Å²) in [5.41, 5.74) is -0.144. The summed E-state index contributed by atoms with van der Waals surface area (Å²) in [7, 11) is 0. The van der Waals surface area contributed by atoms with Crippen molar-refractivity contribution in [3.8, 4) is 6.07 Å². The number of nitrogens with zero attached hydrogens (tertiary/aromatic N) is 3. The molecule has 2 heterocycles. The number of hydrogen-bond donors (Lipinski definition) is 1. The fourth-order valence-electron chi connectivity index (χ4n) is 2.54. The van der Waals surface area contributed by atoms with Crippen LogP contribution >= 0.6 is 0 Å². The highest BCUT2D eigenvalue weighted by atomic mass is 16.6. The summed E-state index contributed by atoms with van der Waals surface area (Å²) < 4.78 is 5.35. The molecule has 1 amide bonds. The Labute approximate surface area is 136 Å². The van der Waals surface area contributed by atoms with E-state index >= 15 is 0 Å². The second-order valence-electron chi connectivity index (χ2n) is 7.02. The van der Waals surface area contributed by atoms with Gasteiger partial charge in [-0.2, -0.15) is 5.26 Å². The number of pyridine rings is 1. The lowest BCUT2D eigenvalue weighted by Crippen LogP contribution is -2.49. The van der Waals surface area contributed by atoms with Crippen molar-refractivity contribution < 1.29 is 14.6 Å². The Morgan fingerprint density at radius 1 is 1.43 bits per heavy atom. The van der Waals surface area contributed by atoms with Crippen molar-refractivity contribution in [3.05, 3.63) is 29.6 Å². The van der Waals surface area contributed by atoms with E-state index in [9.17, 15) is 9.90 Å². The SMILES string of the molecule is CC(C)(C)OC(=O)N1CCC(O)(Cc2ccc(C#N)cn2)CC1. The number of aromatic nitrogens is 1. The number of piperidine rings is 1. The molecule has 1 fully saturated rings. The molecule has 1 N–H and O–H groups in total. The monoisotopic (exact) mass is 317 g/mol. The van der Waals surface area contributed by atoms with Crippen LogP contribution in [0.4, 0.5) is 4.79 Å². The van der Waals surface area contributed by atoms with Gasteiger partial charge in [-0.05, 0) is 45.7 Å². The first-order valence-corrected chi connectivity index (χ1v) is 7.76. The zero-order valence-electron chi connectivity index (χ0n) is 13.9. The van der Waals surface area contributed by atoms with Crippen LogP contribution in [0, 0.1) is 11.3 Å². The summed E-state index contributed by atoms with van der Waals surface area (Å²) in [5, 5.41) is 19.5. The largest absolute Gasteiger partial charge is 0.444 e. The standard InChI is InChI=1S/C17H23N3O3/c1-16(2,3)23-15(21)20-8-6-17(22,7-9-20)10-14-5-4-13(11-18)12-19-14/h4-5,12,22H,6-10H2,1-3H3. The van der Waals surface area contributed by atoms with Crippen LogP contribution in [-0.4, -0.2) is 45.4 Å². The Morgan fingerprint density at radius 2 is 2.09 bits per heavy atom. The molecule has 0 atom stereocenters. The van der Waals surface area contributed by atoms with E-state index in [2.05, 4.69) is 4.98 Å². The van der Waals surface area contributed by atoms with Gasteiger partial charge in [-0.1, -0.05) is 0 Å². The van der Waals surface area contributed by atoms with E-state index in [1.807, 2.05) is 26.8 Å². The number of likely N-dealkylation sites (tertiary alicyclic amines) is 1. The van der Waals surface area contributed by atoms with Crippen LogP contribution in [-0.2, 0) is 11.2 Å². The van der Waals surface area contributed by atoms with E-state index in [1.54, 1.807) is 17.0 Å². The molecule has 2 rings (SSSR count). The van der Waals surface area contributed by atoms with Crippen LogP contribution in [0.2, 0.25) is 0 Å². The normalized spacial score (nSPS) is 17.4. The number of amides is 1. The number of rotatable bonds is 2. The van der Waals surface area contributed by atoms with Crippen molar-refractivity contribution in [1.82, 2.24) is 9.88 Å². The minimum absolute atomic E-state index is 0.337. The third kappa shape index (κ3) is 4.93. The fourth-order valence-corrected chi connectivity index (χ4v) is 2.54.